The number of methoxy groups -OCH3 is 2. The molecule has 2 amide bonds. The highest BCUT2D eigenvalue weighted by Crippen LogP contribution is 2.25. The summed E-state index contributed by atoms with van der Waals surface area (Å²) >= 11 is 6.02. The van der Waals surface area contributed by atoms with E-state index in [2.05, 4.69) is 9.97 Å². The molecule has 8 nitrogen and oxygen atoms in total. The van der Waals surface area contributed by atoms with Crippen LogP contribution in [-0.2, 0) is 0 Å². The van der Waals surface area contributed by atoms with E-state index in [1.807, 2.05) is 0 Å². The molecule has 0 N–H and O–H groups in total. The van der Waals surface area contributed by atoms with Crippen LogP contribution in [0.5, 0.6) is 11.8 Å². The Morgan fingerprint density at radius 2 is 1.73 bits per heavy atom. The normalized spacial score (nSPS) is 13.7. The molecule has 1 aliphatic heterocycles. The van der Waals surface area contributed by atoms with Crippen molar-refractivity contribution in [3.05, 3.63) is 46.7 Å². The van der Waals surface area contributed by atoms with E-state index in [9.17, 15) is 9.59 Å². The molecular weight excluding hydrogens is 360 g/mol. The second-order valence-electron chi connectivity index (χ2n) is 5.46. The van der Waals surface area contributed by atoms with Gasteiger partial charge < -0.3 is 9.47 Å². The van der Waals surface area contributed by atoms with Gasteiger partial charge in [-0.2, -0.15) is 4.98 Å². The number of rotatable bonds is 4. The van der Waals surface area contributed by atoms with E-state index in [0.29, 0.717) is 25.4 Å². The van der Waals surface area contributed by atoms with Crippen LogP contribution in [0.25, 0.3) is 0 Å². The van der Waals surface area contributed by atoms with Crippen molar-refractivity contribution >= 4 is 23.4 Å². The third kappa shape index (κ3) is 3.28. The average Bonchev–Trinajstić information content (AvgIpc) is 3.16. The number of ether oxygens (including phenoxy) is 2. The summed E-state index contributed by atoms with van der Waals surface area (Å²) in [6.07, 6.45) is 2.15. The van der Waals surface area contributed by atoms with Crippen molar-refractivity contribution in [2.45, 2.75) is 6.42 Å². The number of hydrazine groups is 1. The Morgan fingerprint density at radius 1 is 1.04 bits per heavy atom. The molecule has 1 fully saturated rings. The van der Waals surface area contributed by atoms with Gasteiger partial charge in [0.2, 0.25) is 11.8 Å². The SMILES string of the molecule is COc1ccc(C(=O)N2CCCN2C(=O)c2cccnc2Cl)c(OC)n1. The van der Waals surface area contributed by atoms with Gasteiger partial charge in [0, 0.05) is 25.4 Å². The van der Waals surface area contributed by atoms with Gasteiger partial charge in [-0.25, -0.2) is 15.0 Å². The van der Waals surface area contributed by atoms with Gasteiger partial charge in [0.15, 0.2) is 0 Å². The van der Waals surface area contributed by atoms with E-state index < -0.39 is 0 Å². The van der Waals surface area contributed by atoms with Crippen LogP contribution in [0.1, 0.15) is 27.1 Å². The van der Waals surface area contributed by atoms with Crippen molar-refractivity contribution in [3.63, 3.8) is 0 Å². The molecule has 0 aliphatic carbocycles. The van der Waals surface area contributed by atoms with E-state index in [1.165, 1.54) is 30.4 Å². The topological polar surface area (TPSA) is 84.9 Å². The molecule has 2 aromatic rings. The van der Waals surface area contributed by atoms with Gasteiger partial charge in [-0.05, 0) is 24.6 Å². The number of aromatic nitrogens is 2. The molecule has 0 aromatic carbocycles. The molecule has 9 heteroatoms. The van der Waals surface area contributed by atoms with E-state index in [4.69, 9.17) is 21.1 Å². The van der Waals surface area contributed by atoms with Gasteiger partial charge in [-0.1, -0.05) is 11.6 Å². The first-order valence-corrected chi connectivity index (χ1v) is 8.27. The summed E-state index contributed by atoms with van der Waals surface area (Å²) in [5.74, 6) is -0.305. The zero-order valence-electron chi connectivity index (χ0n) is 14.3. The Balaban J connectivity index is 1.90. The van der Waals surface area contributed by atoms with Crippen molar-refractivity contribution in [3.8, 4) is 11.8 Å². The summed E-state index contributed by atoms with van der Waals surface area (Å²) in [5.41, 5.74) is 0.485. The van der Waals surface area contributed by atoms with Crippen LogP contribution in [0.15, 0.2) is 30.5 Å². The highest BCUT2D eigenvalue weighted by molar-refractivity contribution is 6.32. The summed E-state index contributed by atoms with van der Waals surface area (Å²) in [6, 6.07) is 6.33. The Morgan fingerprint density at radius 3 is 2.35 bits per heavy atom. The van der Waals surface area contributed by atoms with Crippen LogP contribution in [0.2, 0.25) is 5.15 Å². The second-order valence-corrected chi connectivity index (χ2v) is 5.82. The average molecular weight is 377 g/mol. The third-order valence-corrected chi connectivity index (χ3v) is 4.26. The maximum Gasteiger partial charge on any atom is 0.277 e. The molecule has 0 radical (unpaired) electrons. The van der Waals surface area contributed by atoms with Gasteiger partial charge in [0.1, 0.15) is 10.7 Å². The molecule has 1 aliphatic rings. The fourth-order valence-electron chi connectivity index (χ4n) is 2.71. The molecule has 26 heavy (non-hydrogen) atoms. The maximum absolute atomic E-state index is 13.0. The number of nitrogens with zero attached hydrogens (tertiary/aromatic N) is 4. The minimum absolute atomic E-state index is 0.0977. The van der Waals surface area contributed by atoms with Gasteiger partial charge in [-0.15, -0.1) is 0 Å². The predicted molar refractivity (Wildman–Crippen MR) is 93.3 cm³/mol. The van der Waals surface area contributed by atoms with Gasteiger partial charge >= 0.3 is 0 Å². The summed E-state index contributed by atoms with van der Waals surface area (Å²) in [4.78, 5) is 33.8. The number of halogens is 1. The van der Waals surface area contributed by atoms with Crippen molar-refractivity contribution < 1.29 is 19.1 Å². The highest BCUT2D eigenvalue weighted by Gasteiger charge is 2.34. The van der Waals surface area contributed by atoms with Crippen molar-refractivity contribution in [2.75, 3.05) is 27.3 Å². The van der Waals surface area contributed by atoms with E-state index >= 15 is 0 Å². The monoisotopic (exact) mass is 376 g/mol. The first-order chi connectivity index (χ1) is 12.6. The quantitative estimate of drug-likeness (QED) is 0.759. The molecule has 0 saturated carbocycles. The standard InChI is InChI=1S/C17H17ClN4O4/c1-25-13-7-6-12(15(20-13)26-2)17(24)22-10-4-9-21(22)16(23)11-5-3-8-19-14(11)18/h3,5-8H,4,9-10H2,1-2H3. The molecule has 0 atom stereocenters. The zero-order valence-corrected chi connectivity index (χ0v) is 15.1. The smallest absolute Gasteiger partial charge is 0.277 e. The van der Waals surface area contributed by atoms with Gasteiger partial charge in [0.25, 0.3) is 11.8 Å². The third-order valence-electron chi connectivity index (χ3n) is 3.96. The molecule has 1 saturated heterocycles. The summed E-state index contributed by atoms with van der Waals surface area (Å²) < 4.78 is 10.2. The lowest BCUT2D eigenvalue weighted by Gasteiger charge is -2.28. The lowest BCUT2D eigenvalue weighted by atomic mass is 10.2. The number of amides is 2. The predicted octanol–water partition coefficient (Wildman–Crippen LogP) is 2.05. The van der Waals surface area contributed by atoms with E-state index in [1.54, 1.807) is 24.3 Å². The lowest BCUT2D eigenvalue weighted by molar-refractivity contribution is 0.0183. The second kappa shape index (κ2) is 7.57. The van der Waals surface area contributed by atoms with Crippen LogP contribution in [0.3, 0.4) is 0 Å². The number of pyridine rings is 2. The fourth-order valence-corrected chi connectivity index (χ4v) is 2.91. The van der Waals surface area contributed by atoms with Crippen molar-refractivity contribution in [1.29, 1.82) is 0 Å². The summed E-state index contributed by atoms with van der Waals surface area (Å²) in [7, 11) is 2.89. The first-order valence-electron chi connectivity index (χ1n) is 7.90. The molecular formula is C17H17ClN4O4. The molecule has 3 heterocycles. The van der Waals surface area contributed by atoms with Crippen LogP contribution < -0.4 is 9.47 Å². The van der Waals surface area contributed by atoms with Gasteiger partial charge in [0.05, 0.1) is 19.8 Å². The van der Waals surface area contributed by atoms with Gasteiger partial charge in [-0.3, -0.25) is 9.59 Å². The van der Waals surface area contributed by atoms with Crippen molar-refractivity contribution in [1.82, 2.24) is 20.0 Å². The van der Waals surface area contributed by atoms with E-state index in [-0.39, 0.29) is 34.0 Å². The van der Waals surface area contributed by atoms with Crippen LogP contribution in [0, 0.1) is 0 Å². The minimum atomic E-state index is -0.386. The van der Waals surface area contributed by atoms with Crippen molar-refractivity contribution in [2.24, 2.45) is 0 Å². The number of hydrogen-bond donors (Lipinski definition) is 0. The molecule has 3 rings (SSSR count). The molecule has 0 bridgehead atoms. The van der Waals surface area contributed by atoms with Crippen LogP contribution >= 0.6 is 11.6 Å². The highest BCUT2D eigenvalue weighted by atomic mass is 35.5. The molecule has 2 aromatic heterocycles. The molecule has 0 unspecified atom stereocenters. The maximum atomic E-state index is 13.0. The van der Waals surface area contributed by atoms with Crippen LogP contribution in [0.4, 0.5) is 0 Å². The Hall–Kier alpha value is -2.87. The summed E-state index contributed by atoms with van der Waals surface area (Å²) in [5, 5.41) is 2.84. The Bertz CT molecular complexity index is 845. The Kier molecular flexibility index (Phi) is 5.22. The molecule has 0 spiro atoms. The summed E-state index contributed by atoms with van der Waals surface area (Å²) in [6.45, 7) is 0.805. The Labute approximate surface area is 155 Å². The largest absolute Gasteiger partial charge is 0.481 e. The lowest BCUT2D eigenvalue weighted by Crippen LogP contribution is -2.45. The molecule has 136 valence electrons. The number of carbonyl (C=O) groups is 2. The van der Waals surface area contributed by atoms with E-state index in [0.717, 1.165) is 0 Å². The fraction of sp³-hybridized carbons (Fsp3) is 0.294. The number of hydrogen-bond acceptors (Lipinski definition) is 6. The zero-order chi connectivity index (χ0) is 18.7. The first kappa shape index (κ1) is 17.9. The van der Waals surface area contributed by atoms with Crippen LogP contribution in [-0.4, -0.2) is 59.1 Å². The number of carbonyl (C=O) groups excluding carboxylic acids is 2. The minimum Gasteiger partial charge on any atom is -0.481 e.